The van der Waals surface area contributed by atoms with E-state index in [4.69, 9.17) is 19.6 Å². The number of nitrogens with two attached hydrogens (primary N) is 1. The van der Waals surface area contributed by atoms with Gasteiger partial charge in [0.15, 0.2) is 20.2 Å². The number of nitrogen functional groups attached to an aromatic ring is 1. The van der Waals surface area contributed by atoms with Gasteiger partial charge in [-0.2, -0.15) is 5.26 Å². The van der Waals surface area contributed by atoms with Crippen LogP contribution in [0.5, 0.6) is 5.75 Å². The van der Waals surface area contributed by atoms with Gasteiger partial charge in [0.25, 0.3) is 0 Å². The zero-order valence-corrected chi connectivity index (χ0v) is 30.1. The normalized spacial score (nSPS) is 21.2. The second-order valence-electron chi connectivity index (χ2n) is 14.3. The second-order valence-corrected chi connectivity index (χ2v) is 19.1. The Morgan fingerprint density at radius 3 is 2.49 bits per heavy atom. The second kappa shape index (κ2) is 14.4. The average Bonchev–Trinajstić information content (AvgIpc) is 3.50. The molecule has 0 radical (unpaired) electrons. The number of aliphatic hydroxyl groups excluding tert-OH is 2. The molecule has 0 bridgehead atoms. The highest BCUT2D eigenvalue weighted by Crippen LogP contribution is 2.44. The minimum atomic E-state index is -1.84. The van der Waals surface area contributed by atoms with E-state index in [1.807, 2.05) is 48.5 Å². The minimum absolute atomic E-state index is 0.0814. The summed E-state index contributed by atoms with van der Waals surface area (Å²) in [5, 5.41) is 46.0. The van der Waals surface area contributed by atoms with E-state index in [9.17, 15) is 20.6 Å². The van der Waals surface area contributed by atoms with Crippen LogP contribution in [-0.2, 0) is 15.7 Å². The number of aliphatic hydroxyl groups is 3. The molecule has 2 aromatic heterocycles. The molecule has 0 amide bonds. The van der Waals surface area contributed by atoms with Crippen molar-refractivity contribution in [3.8, 4) is 22.9 Å². The van der Waals surface area contributed by atoms with Crippen LogP contribution in [0.15, 0.2) is 54.9 Å². The van der Waals surface area contributed by atoms with Gasteiger partial charge >= 0.3 is 0 Å². The Hall–Kier alpha value is -4.03. The van der Waals surface area contributed by atoms with Crippen molar-refractivity contribution < 1.29 is 29.2 Å². The summed E-state index contributed by atoms with van der Waals surface area (Å²) in [6.45, 7) is 13.6. The molecule has 49 heavy (non-hydrogen) atoms. The van der Waals surface area contributed by atoms with Crippen molar-refractivity contribution in [2.75, 3.05) is 30.9 Å². The molecule has 5 rings (SSSR count). The van der Waals surface area contributed by atoms with Gasteiger partial charge in [0.1, 0.15) is 53.2 Å². The van der Waals surface area contributed by atoms with Crippen molar-refractivity contribution in [2.45, 2.75) is 89.3 Å². The lowest BCUT2D eigenvalue weighted by Gasteiger charge is -2.36. The largest absolute Gasteiger partial charge is 0.493 e. The van der Waals surface area contributed by atoms with Crippen LogP contribution >= 0.6 is 0 Å². The zero-order valence-electron chi connectivity index (χ0n) is 29.1. The van der Waals surface area contributed by atoms with Crippen LogP contribution in [-0.4, -0.2) is 75.8 Å². The number of rotatable bonds is 13. The molecule has 6 N–H and O–H groups in total. The van der Waals surface area contributed by atoms with Gasteiger partial charge in [0.2, 0.25) is 0 Å². The number of hydrogen-bond acceptors (Lipinski definition) is 11. The Balaban J connectivity index is 1.41. The van der Waals surface area contributed by atoms with Gasteiger partial charge < -0.3 is 40.3 Å². The SMILES string of the molecule is CC1(O)C(O)C(CO)OC1n1c(NCc2ccc(-c3ccccc3)c(OCCCCO[Si](C)(C)C(C)(C)C)c2)c(C#N)c2c(N)ncnc21. The summed E-state index contributed by atoms with van der Waals surface area (Å²) in [4.78, 5) is 8.45. The Bertz CT molecular complexity index is 1800. The maximum absolute atomic E-state index is 11.4. The highest BCUT2D eigenvalue weighted by molar-refractivity contribution is 6.74. The maximum Gasteiger partial charge on any atom is 0.191 e. The lowest BCUT2D eigenvalue weighted by molar-refractivity contribution is -0.0939. The fraction of sp³-hybridized carbons (Fsp3) is 0.472. The minimum Gasteiger partial charge on any atom is -0.493 e. The van der Waals surface area contributed by atoms with Crippen LogP contribution in [0.25, 0.3) is 22.2 Å². The van der Waals surface area contributed by atoms with Crippen molar-refractivity contribution >= 4 is 31.0 Å². The van der Waals surface area contributed by atoms with Gasteiger partial charge in [-0.05, 0) is 55.1 Å². The Morgan fingerprint density at radius 2 is 1.84 bits per heavy atom. The van der Waals surface area contributed by atoms with E-state index in [1.165, 1.54) is 17.8 Å². The highest BCUT2D eigenvalue weighted by atomic mass is 28.4. The molecule has 2 aromatic carbocycles. The predicted molar refractivity (Wildman–Crippen MR) is 191 cm³/mol. The molecule has 1 saturated heterocycles. The molecule has 12 nitrogen and oxygen atoms in total. The maximum atomic E-state index is 11.4. The fourth-order valence-electron chi connectivity index (χ4n) is 5.80. The molecular formula is C36H48N6O6Si. The van der Waals surface area contributed by atoms with Crippen molar-refractivity contribution in [1.82, 2.24) is 14.5 Å². The first-order valence-electron chi connectivity index (χ1n) is 16.6. The van der Waals surface area contributed by atoms with Crippen molar-refractivity contribution in [1.29, 1.82) is 5.26 Å². The van der Waals surface area contributed by atoms with Gasteiger partial charge in [-0.3, -0.25) is 4.57 Å². The summed E-state index contributed by atoms with van der Waals surface area (Å²) in [6.07, 6.45) is -0.683. The van der Waals surface area contributed by atoms with Crippen LogP contribution in [0.4, 0.5) is 11.6 Å². The first kappa shape index (κ1) is 36.3. The Morgan fingerprint density at radius 1 is 1.12 bits per heavy atom. The Labute approximate surface area is 288 Å². The fourth-order valence-corrected chi connectivity index (χ4v) is 6.89. The van der Waals surface area contributed by atoms with E-state index in [2.05, 4.69) is 55.2 Å². The van der Waals surface area contributed by atoms with E-state index in [0.717, 1.165) is 35.3 Å². The molecular weight excluding hydrogens is 641 g/mol. The van der Waals surface area contributed by atoms with E-state index in [0.29, 0.717) is 13.2 Å². The smallest absolute Gasteiger partial charge is 0.191 e. The molecule has 13 heteroatoms. The number of ether oxygens (including phenoxy) is 2. The van der Waals surface area contributed by atoms with Gasteiger partial charge in [-0.1, -0.05) is 63.2 Å². The third-order valence-electron chi connectivity index (χ3n) is 9.75. The summed E-state index contributed by atoms with van der Waals surface area (Å²) in [5.41, 5.74) is 7.62. The van der Waals surface area contributed by atoms with E-state index < -0.39 is 39.0 Å². The molecule has 3 heterocycles. The van der Waals surface area contributed by atoms with Crippen LogP contribution in [0.1, 0.15) is 57.9 Å². The number of anilines is 2. The van der Waals surface area contributed by atoms with Crippen molar-refractivity contribution in [3.63, 3.8) is 0 Å². The summed E-state index contributed by atoms with van der Waals surface area (Å²) in [7, 11) is -1.81. The number of hydrogen-bond donors (Lipinski definition) is 5. The van der Waals surface area contributed by atoms with Crippen LogP contribution in [0.2, 0.25) is 18.1 Å². The van der Waals surface area contributed by atoms with Crippen molar-refractivity contribution in [3.05, 3.63) is 66.0 Å². The van der Waals surface area contributed by atoms with Crippen LogP contribution in [0.3, 0.4) is 0 Å². The van der Waals surface area contributed by atoms with Gasteiger partial charge in [-0.25, -0.2) is 9.97 Å². The summed E-state index contributed by atoms with van der Waals surface area (Å²) >= 11 is 0. The number of nitrogens with zero attached hydrogens (tertiary/aromatic N) is 4. The first-order valence-corrected chi connectivity index (χ1v) is 19.5. The molecule has 1 aliphatic rings. The molecule has 4 atom stereocenters. The molecule has 262 valence electrons. The highest BCUT2D eigenvalue weighted by Gasteiger charge is 2.54. The molecule has 0 aliphatic carbocycles. The number of fused-ring (bicyclic) bond motifs is 1. The summed E-state index contributed by atoms with van der Waals surface area (Å²) in [5.74, 6) is 1.08. The van der Waals surface area contributed by atoms with Gasteiger partial charge in [0.05, 0.1) is 18.6 Å². The standard InChI is InChI=1S/C36H48N6O6Si/c1-35(2,3)49(5,6)47-17-11-10-16-46-27-18-23(14-15-25(27)24-12-8-7-9-13-24)20-39-32-26(19-37)29-31(38)40-22-41-33(29)42(32)34-36(4,45)30(44)28(21-43)48-34/h7-9,12-15,18,22,28,30,34,39,43-45H,10-11,16-17,20-21H2,1-6H3,(H2,38,40,41). The first-order chi connectivity index (χ1) is 23.2. The lowest BCUT2D eigenvalue weighted by Crippen LogP contribution is -2.44. The molecule has 1 fully saturated rings. The number of unbranched alkanes of at least 4 members (excludes halogenated alkanes) is 1. The lowest BCUT2D eigenvalue weighted by atomic mass is 9.96. The number of aromatic nitrogens is 3. The van der Waals surface area contributed by atoms with Gasteiger partial charge in [-0.15, -0.1) is 0 Å². The van der Waals surface area contributed by atoms with E-state index in [-0.39, 0.29) is 39.8 Å². The predicted octanol–water partition coefficient (Wildman–Crippen LogP) is 5.35. The molecule has 4 unspecified atom stereocenters. The monoisotopic (exact) mass is 688 g/mol. The van der Waals surface area contributed by atoms with E-state index >= 15 is 0 Å². The number of benzene rings is 2. The molecule has 0 spiro atoms. The number of nitrogens with one attached hydrogen (secondary N) is 1. The summed E-state index contributed by atoms with van der Waals surface area (Å²) in [6, 6.07) is 18.2. The third kappa shape index (κ3) is 7.30. The Kier molecular flexibility index (Phi) is 10.7. The third-order valence-corrected chi connectivity index (χ3v) is 14.3. The van der Waals surface area contributed by atoms with Crippen molar-refractivity contribution in [2.24, 2.45) is 0 Å². The quantitative estimate of drug-likeness (QED) is 0.0903. The molecule has 4 aromatic rings. The molecule has 0 saturated carbocycles. The van der Waals surface area contributed by atoms with E-state index in [1.54, 1.807) is 0 Å². The van der Waals surface area contributed by atoms with Gasteiger partial charge in [0, 0.05) is 18.7 Å². The summed E-state index contributed by atoms with van der Waals surface area (Å²) < 4.78 is 20.2. The topological polar surface area (TPSA) is 181 Å². The van der Waals surface area contributed by atoms with Crippen LogP contribution in [0, 0.1) is 11.3 Å². The molecule has 1 aliphatic heterocycles. The zero-order chi connectivity index (χ0) is 35.6. The average molecular weight is 689 g/mol. The number of nitriles is 1. The van der Waals surface area contributed by atoms with Crippen LogP contribution < -0.4 is 15.8 Å².